The molecule has 1 heterocycles. The predicted octanol–water partition coefficient (Wildman–Crippen LogP) is 1.49. The summed E-state index contributed by atoms with van der Waals surface area (Å²) in [5.74, 6) is -2.79. The van der Waals surface area contributed by atoms with Crippen LogP contribution in [0.2, 0.25) is 0 Å². The molecule has 0 amide bonds. The molecule has 0 spiro atoms. The third kappa shape index (κ3) is 3.11. The number of aromatic nitrogens is 2. The third-order valence-electron chi connectivity index (χ3n) is 1.70. The molecule has 1 aromatic heterocycles. The second-order valence-electron chi connectivity index (χ2n) is 3.01. The predicted molar refractivity (Wildman–Crippen MR) is 46.8 cm³/mol. The van der Waals surface area contributed by atoms with Gasteiger partial charge in [0, 0.05) is 6.20 Å². The van der Waals surface area contributed by atoms with E-state index in [1.54, 1.807) is 0 Å². The van der Waals surface area contributed by atoms with E-state index in [2.05, 4.69) is 9.97 Å². The van der Waals surface area contributed by atoms with Crippen LogP contribution in [0.3, 0.4) is 0 Å². The zero-order chi connectivity index (χ0) is 12.3. The highest BCUT2D eigenvalue weighted by Gasteiger charge is 2.39. The molecule has 1 aromatic rings. The fraction of sp³-hybridized carbons (Fsp3) is 0.333. The zero-order valence-electron chi connectivity index (χ0n) is 8.21. The van der Waals surface area contributed by atoms with Crippen LogP contribution in [0.5, 0.6) is 0 Å². The van der Waals surface area contributed by atoms with E-state index >= 15 is 0 Å². The van der Waals surface area contributed by atoms with Gasteiger partial charge in [0.05, 0.1) is 6.42 Å². The number of aryl methyl sites for hydroxylation is 1. The van der Waals surface area contributed by atoms with E-state index in [4.69, 9.17) is 0 Å². The number of rotatable bonds is 3. The number of hydrogen-bond donors (Lipinski definition) is 0. The van der Waals surface area contributed by atoms with Crippen molar-refractivity contribution in [2.75, 3.05) is 0 Å². The Morgan fingerprint density at radius 3 is 2.50 bits per heavy atom. The van der Waals surface area contributed by atoms with Gasteiger partial charge in [0.15, 0.2) is 5.78 Å². The summed E-state index contributed by atoms with van der Waals surface area (Å²) in [5.41, 5.74) is -0.190. The Balaban J connectivity index is 2.78. The fourth-order valence-electron chi connectivity index (χ4n) is 0.948. The Morgan fingerprint density at radius 2 is 2.00 bits per heavy atom. The van der Waals surface area contributed by atoms with Crippen LogP contribution in [0.1, 0.15) is 22.7 Å². The summed E-state index contributed by atoms with van der Waals surface area (Å²) in [7, 11) is 0. The molecular formula is C9H7F3N2O2. The minimum Gasteiger partial charge on any atom is -0.292 e. The van der Waals surface area contributed by atoms with E-state index < -0.39 is 24.2 Å². The van der Waals surface area contributed by atoms with Crippen molar-refractivity contribution in [1.82, 2.24) is 9.97 Å². The number of ketones is 2. The molecule has 0 bridgehead atoms. The summed E-state index contributed by atoms with van der Waals surface area (Å²) in [4.78, 5) is 29.1. The van der Waals surface area contributed by atoms with Crippen LogP contribution in [-0.4, -0.2) is 27.7 Å². The maximum Gasteiger partial charge on any atom is 0.450 e. The molecule has 0 unspecified atom stereocenters. The summed E-state index contributed by atoms with van der Waals surface area (Å²) in [6.07, 6.45) is -4.97. The SMILES string of the molecule is Cc1nccc(C(=O)CC(=O)C(F)(F)F)n1. The van der Waals surface area contributed by atoms with Gasteiger partial charge in [-0.2, -0.15) is 13.2 Å². The third-order valence-corrected chi connectivity index (χ3v) is 1.70. The van der Waals surface area contributed by atoms with Crippen LogP contribution >= 0.6 is 0 Å². The first-order valence-corrected chi connectivity index (χ1v) is 4.23. The van der Waals surface area contributed by atoms with Crippen LogP contribution < -0.4 is 0 Å². The quantitative estimate of drug-likeness (QED) is 0.585. The number of carbonyl (C=O) groups is 2. The maximum atomic E-state index is 11.9. The lowest BCUT2D eigenvalue weighted by molar-refractivity contribution is -0.170. The first-order valence-electron chi connectivity index (χ1n) is 4.23. The lowest BCUT2D eigenvalue weighted by Gasteiger charge is -2.04. The van der Waals surface area contributed by atoms with E-state index in [0.29, 0.717) is 0 Å². The summed E-state index contributed by atoms with van der Waals surface area (Å²) < 4.78 is 35.6. The highest BCUT2D eigenvalue weighted by Crippen LogP contribution is 2.18. The van der Waals surface area contributed by atoms with E-state index in [9.17, 15) is 22.8 Å². The number of carbonyl (C=O) groups excluding carboxylic acids is 2. The summed E-state index contributed by atoms with van der Waals surface area (Å²) in [5, 5.41) is 0. The Kier molecular flexibility index (Phi) is 3.36. The highest BCUT2D eigenvalue weighted by atomic mass is 19.4. The molecule has 86 valence electrons. The summed E-state index contributed by atoms with van der Waals surface area (Å²) in [6.45, 7) is 1.49. The molecule has 16 heavy (non-hydrogen) atoms. The van der Waals surface area contributed by atoms with Crippen molar-refractivity contribution in [2.24, 2.45) is 0 Å². The van der Waals surface area contributed by atoms with Crippen molar-refractivity contribution in [3.05, 3.63) is 23.8 Å². The molecule has 0 saturated carbocycles. The van der Waals surface area contributed by atoms with E-state index in [0.717, 1.165) is 0 Å². The number of halogens is 3. The molecule has 0 aliphatic heterocycles. The minimum atomic E-state index is -4.99. The number of Topliss-reactive ketones (excluding diaryl/α,β-unsaturated/α-hetero) is 2. The molecule has 1 rings (SSSR count). The normalized spacial score (nSPS) is 11.2. The molecule has 0 atom stereocenters. The van der Waals surface area contributed by atoms with Crippen LogP contribution in [0.4, 0.5) is 13.2 Å². The van der Waals surface area contributed by atoms with Gasteiger partial charge in [0.2, 0.25) is 5.78 Å². The van der Waals surface area contributed by atoms with Crippen LogP contribution in [0.15, 0.2) is 12.3 Å². The molecular weight excluding hydrogens is 225 g/mol. The Labute approximate surface area is 88.5 Å². The van der Waals surface area contributed by atoms with Crippen LogP contribution in [0.25, 0.3) is 0 Å². The van der Waals surface area contributed by atoms with Crippen molar-refractivity contribution in [2.45, 2.75) is 19.5 Å². The maximum absolute atomic E-state index is 11.9. The molecule has 0 fully saturated rings. The summed E-state index contributed by atoms with van der Waals surface area (Å²) in [6, 6.07) is 1.17. The number of nitrogens with zero attached hydrogens (tertiary/aromatic N) is 2. The fourth-order valence-corrected chi connectivity index (χ4v) is 0.948. The molecule has 0 aliphatic carbocycles. The van der Waals surface area contributed by atoms with Crippen molar-refractivity contribution >= 4 is 11.6 Å². The van der Waals surface area contributed by atoms with Gasteiger partial charge >= 0.3 is 6.18 Å². The Bertz CT molecular complexity index is 429. The Hall–Kier alpha value is -1.79. The first-order chi connectivity index (χ1) is 7.30. The van der Waals surface area contributed by atoms with Crippen LogP contribution in [0, 0.1) is 6.92 Å². The standard InChI is InChI=1S/C9H7F3N2O2/c1-5-13-3-2-6(14-5)7(15)4-8(16)9(10,11)12/h2-3H,4H2,1H3. The van der Waals surface area contributed by atoms with Crippen molar-refractivity contribution in [3.8, 4) is 0 Å². The van der Waals surface area contributed by atoms with Crippen molar-refractivity contribution in [1.29, 1.82) is 0 Å². The average Bonchev–Trinajstić information content (AvgIpc) is 2.16. The molecule has 7 heteroatoms. The molecule has 0 aromatic carbocycles. The number of alkyl halides is 3. The van der Waals surface area contributed by atoms with Crippen molar-refractivity contribution < 1.29 is 22.8 Å². The topological polar surface area (TPSA) is 59.9 Å². The first kappa shape index (κ1) is 12.3. The second kappa shape index (κ2) is 4.38. The highest BCUT2D eigenvalue weighted by molar-refractivity contribution is 6.08. The summed E-state index contributed by atoms with van der Waals surface area (Å²) >= 11 is 0. The van der Waals surface area contributed by atoms with E-state index in [1.807, 2.05) is 0 Å². The lowest BCUT2D eigenvalue weighted by atomic mass is 10.1. The molecule has 4 nitrogen and oxygen atoms in total. The molecule has 0 aliphatic rings. The van der Waals surface area contributed by atoms with Gasteiger partial charge in [-0.1, -0.05) is 0 Å². The smallest absolute Gasteiger partial charge is 0.292 e. The zero-order valence-corrected chi connectivity index (χ0v) is 8.21. The molecule has 0 saturated heterocycles. The lowest BCUT2D eigenvalue weighted by Crippen LogP contribution is -2.25. The monoisotopic (exact) mass is 232 g/mol. The molecule has 0 radical (unpaired) electrons. The second-order valence-corrected chi connectivity index (χ2v) is 3.01. The van der Waals surface area contributed by atoms with Crippen molar-refractivity contribution in [3.63, 3.8) is 0 Å². The number of hydrogen-bond acceptors (Lipinski definition) is 4. The largest absolute Gasteiger partial charge is 0.450 e. The minimum absolute atomic E-state index is 0.190. The van der Waals surface area contributed by atoms with Gasteiger partial charge in [-0.25, -0.2) is 9.97 Å². The van der Waals surface area contributed by atoms with E-state index in [-0.39, 0.29) is 11.5 Å². The van der Waals surface area contributed by atoms with Gasteiger partial charge in [-0.05, 0) is 13.0 Å². The van der Waals surface area contributed by atoms with Gasteiger partial charge in [0.25, 0.3) is 0 Å². The van der Waals surface area contributed by atoms with Crippen LogP contribution in [-0.2, 0) is 4.79 Å². The van der Waals surface area contributed by atoms with Gasteiger partial charge in [0.1, 0.15) is 11.5 Å². The Morgan fingerprint density at radius 1 is 1.38 bits per heavy atom. The van der Waals surface area contributed by atoms with Gasteiger partial charge < -0.3 is 0 Å². The molecule has 0 N–H and O–H groups in total. The van der Waals surface area contributed by atoms with Gasteiger partial charge in [-0.3, -0.25) is 9.59 Å². The average molecular weight is 232 g/mol. The van der Waals surface area contributed by atoms with E-state index in [1.165, 1.54) is 19.2 Å². The van der Waals surface area contributed by atoms with Gasteiger partial charge in [-0.15, -0.1) is 0 Å².